The first-order valence-corrected chi connectivity index (χ1v) is 12.3. The van der Waals surface area contributed by atoms with Crippen LogP contribution in [0, 0.1) is 6.92 Å². The molecule has 2 aromatic carbocycles. The van der Waals surface area contributed by atoms with Gasteiger partial charge < -0.3 is 9.30 Å². The summed E-state index contributed by atoms with van der Waals surface area (Å²) >= 11 is 1.52. The molecular weight excluding hydrogens is 458 g/mol. The highest BCUT2D eigenvalue weighted by Gasteiger charge is 2.18. The van der Waals surface area contributed by atoms with E-state index in [0.29, 0.717) is 23.6 Å². The summed E-state index contributed by atoms with van der Waals surface area (Å²) in [4.78, 5) is 17.3. The summed E-state index contributed by atoms with van der Waals surface area (Å²) in [6, 6.07) is 23.6. The molecule has 176 valence electrons. The van der Waals surface area contributed by atoms with Crippen molar-refractivity contribution in [2.24, 2.45) is 0 Å². The van der Waals surface area contributed by atoms with Crippen LogP contribution < -0.4 is 10.3 Å². The second-order valence-corrected chi connectivity index (χ2v) is 9.15. The minimum absolute atomic E-state index is 0.0884. The first kappa shape index (κ1) is 22.9. The van der Waals surface area contributed by atoms with Gasteiger partial charge in [0.25, 0.3) is 5.56 Å². The number of aryl methyl sites for hydroxylation is 2. The van der Waals surface area contributed by atoms with Crippen LogP contribution in [0.15, 0.2) is 88.9 Å². The van der Waals surface area contributed by atoms with Crippen molar-refractivity contribution >= 4 is 17.4 Å². The number of pyridine rings is 1. The number of nitrogens with zero attached hydrogens (tertiary/aromatic N) is 5. The van der Waals surface area contributed by atoms with Crippen LogP contribution in [-0.4, -0.2) is 31.3 Å². The Labute approximate surface area is 207 Å². The monoisotopic (exact) mass is 483 g/mol. The molecule has 0 saturated heterocycles. The van der Waals surface area contributed by atoms with Gasteiger partial charge in [-0.1, -0.05) is 60.3 Å². The summed E-state index contributed by atoms with van der Waals surface area (Å²) < 4.78 is 9.28. The van der Waals surface area contributed by atoms with E-state index in [-0.39, 0.29) is 5.56 Å². The number of thioether (sulfide) groups is 1. The van der Waals surface area contributed by atoms with Crippen LogP contribution in [0.2, 0.25) is 0 Å². The van der Waals surface area contributed by atoms with Gasteiger partial charge in [0.2, 0.25) is 0 Å². The molecule has 0 saturated carbocycles. The summed E-state index contributed by atoms with van der Waals surface area (Å²) in [6.45, 7) is 2.66. The zero-order valence-corrected chi connectivity index (χ0v) is 20.4. The first-order chi connectivity index (χ1) is 17.1. The fourth-order valence-electron chi connectivity index (χ4n) is 3.98. The van der Waals surface area contributed by atoms with Crippen molar-refractivity contribution in [3.63, 3.8) is 0 Å². The van der Waals surface area contributed by atoms with Gasteiger partial charge in [-0.2, -0.15) is 0 Å². The van der Waals surface area contributed by atoms with Gasteiger partial charge >= 0.3 is 0 Å². The van der Waals surface area contributed by atoms with E-state index >= 15 is 0 Å². The smallest absolute Gasteiger partial charge is 0.258 e. The van der Waals surface area contributed by atoms with Crippen LogP contribution in [0.4, 0.5) is 0 Å². The maximum absolute atomic E-state index is 12.6. The quantitative estimate of drug-likeness (QED) is 0.295. The summed E-state index contributed by atoms with van der Waals surface area (Å²) in [6.07, 6.45) is 2.64. The van der Waals surface area contributed by atoms with E-state index < -0.39 is 0 Å². The Morgan fingerprint density at radius 1 is 0.971 bits per heavy atom. The fourth-order valence-corrected chi connectivity index (χ4v) is 4.84. The van der Waals surface area contributed by atoms with Gasteiger partial charge in [0.15, 0.2) is 11.0 Å². The Balaban J connectivity index is 1.46. The fraction of sp³-hybridized carbons (Fsp3) is 0.185. The van der Waals surface area contributed by atoms with Crippen molar-refractivity contribution in [3.8, 4) is 17.1 Å². The zero-order valence-electron chi connectivity index (χ0n) is 19.6. The number of benzene rings is 2. The predicted octanol–water partition coefficient (Wildman–Crippen LogP) is 4.81. The molecule has 0 atom stereocenters. The van der Waals surface area contributed by atoms with Crippen molar-refractivity contribution in [3.05, 3.63) is 106 Å². The minimum atomic E-state index is -0.0884. The van der Waals surface area contributed by atoms with E-state index in [9.17, 15) is 4.79 Å². The standard InChI is InChI=1S/C27H25N5O2S/c1-19-12-13-24-28-21(16-25(33)32(24)17-19)18-35-27-30-29-26(22-10-6-7-11-23(22)34-2)31(27)15-14-20-8-4-3-5-9-20/h3-13,16-17H,14-15,18H2,1-2H3. The third-order valence-corrected chi connectivity index (χ3v) is 6.74. The van der Waals surface area contributed by atoms with Crippen molar-refractivity contribution in [1.82, 2.24) is 24.1 Å². The maximum atomic E-state index is 12.6. The highest BCUT2D eigenvalue weighted by Crippen LogP contribution is 2.32. The molecule has 7 nitrogen and oxygen atoms in total. The van der Waals surface area contributed by atoms with Crippen molar-refractivity contribution < 1.29 is 4.74 Å². The molecule has 0 aliphatic carbocycles. The van der Waals surface area contributed by atoms with Crippen molar-refractivity contribution in [2.45, 2.75) is 30.8 Å². The van der Waals surface area contributed by atoms with Crippen LogP contribution in [-0.2, 0) is 18.7 Å². The average molecular weight is 484 g/mol. The second kappa shape index (κ2) is 10.1. The normalized spacial score (nSPS) is 11.1. The number of aromatic nitrogens is 5. The largest absolute Gasteiger partial charge is 0.496 e. The lowest BCUT2D eigenvalue weighted by atomic mass is 10.1. The Hall–Kier alpha value is -3.91. The van der Waals surface area contributed by atoms with E-state index in [0.717, 1.165) is 34.3 Å². The number of hydrogen-bond donors (Lipinski definition) is 0. The van der Waals surface area contributed by atoms with Gasteiger partial charge in [-0.3, -0.25) is 9.20 Å². The number of ether oxygens (including phenoxy) is 1. The molecular formula is C27H25N5O2S. The average Bonchev–Trinajstić information content (AvgIpc) is 3.29. The zero-order chi connectivity index (χ0) is 24.2. The molecule has 0 N–H and O–H groups in total. The van der Waals surface area contributed by atoms with E-state index in [1.165, 1.54) is 17.3 Å². The SMILES string of the molecule is COc1ccccc1-c1nnc(SCc2cc(=O)n3cc(C)ccc3n2)n1CCc1ccccc1. The predicted molar refractivity (Wildman–Crippen MR) is 138 cm³/mol. The van der Waals surface area contributed by atoms with Crippen LogP contribution in [0.25, 0.3) is 17.0 Å². The van der Waals surface area contributed by atoms with Gasteiger partial charge in [-0.25, -0.2) is 4.98 Å². The molecule has 0 radical (unpaired) electrons. The molecule has 8 heteroatoms. The Morgan fingerprint density at radius 3 is 2.60 bits per heavy atom. The lowest BCUT2D eigenvalue weighted by Crippen LogP contribution is -2.15. The lowest BCUT2D eigenvalue weighted by molar-refractivity contribution is 0.415. The molecule has 3 aromatic heterocycles. The number of fused-ring (bicyclic) bond motifs is 1. The third-order valence-electron chi connectivity index (χ3n) is 5.74. The highest BCUT2D eigenvalue weighted by molar-refractivity contribution is 7.98. The number of para-hydroxylation sites is 1. The lowest BCUT2D eigenvalue weighted by Gasteiger charge is -2.12. The molecule has 0 fully saturated rings. The first-order valence-electron chi connectivity index (χ1n) is 11.3. The van der Waals surface area contributed by atoms with Gasteiger partial charge in [0.1, 0.15) is 11.4 Å². The maximum Gasteiger partial charge on any atom is 0.258 e. The Kier molecular flexibility index (Phi) is 6.63. The second-order valence-electron chi connectivity index (χ2n) is 8.20. The molecule has 0 aliphatic heterocycles. The summed E-state index contributed by atoms with van der Waals surface area (Å²) in [5.41, 5.74) is 4.40. The molecule has 0 unspecified atom stereocenters. The van der Waals surface area contributed by atoms with Gasteiger partial charge in [-0.05, 0) is 42.7 Å². The third kappa shape index (κ3) is 4.97. The van der Waals surface area contributed by atoms with Crippen molar-refractivity contribution in [1.29, 1.82) is 0 Å². The number of methoxy groups -OCH3 is 1. The Bertz CT molecular complexity index is 1530. The molecule has 0 amide bonds. The molecule has 0 spiro atoms. The number of hydrogen-bond acceptors (Lipinski definition) is 6. The molecule has 5 rings (SSSR count). The van der Waals surface area contributed by atoms with E-state index in [4.69, 9.17) is 4.74 Å². The molecule has 0 aliphatic rings. The highest BCUT2D eigenvalue weighted by atomic mass is 32.2. The van der Waals surface area contributed by atoms with Crippen LogP contribution >= 0.6 is 11.8 Å². The van der Waals surface area contributed by atoms with E-state index in [2.05, 4.69) is 31.9 Å². The summed E-state index contributed by atoms with van der Waals surface area (Å²) in [5, 5.41) is 9.79. The summed E-state index contributed by atoms with van der Waals surface area (Å²) in [5.74, 6) is 2.01. The number of rotatable bonds is 8. The van der Waals surface area contributed by atoms with E-state index in [1.54, 1.807) is 23.8 Å². The van der Waals surface area contributed by atoms with Crippen LogP contribution in [0.1, 0.15) is 16.8 Å². The van der Waals surface area contributed by atoms with E-state index in [1.807, 2.05) is 61.5 Å². The van der Waals surface area contributed by atoms with Crippen molar-refractivity contribution in [2.75, 3.05) is 7.11 Å². The minimum Gasteiger partial charge on any atom is -0.496 e. The van der Waals surface area contributed by atoms with Gasteiger partial charge in [-0.15, -0.1) is 10.2 Å². The van der Waals surface area contributed by atoms with Crippen LogP contribution in [0.5, 0.6) is 5.75 Å². The van der Waals surface area contributed by atoms with Gasteiger partial charge in [0.05, 0.1) is 18.4 Å². The Morgan fingerprint density at radius 2 is 1.77 bits per heavy atom. The topological polar surface area (TPSA) is 74.3 Å². The molecule has 35 heavy (non-hydrogen) atoms. The van der Waals surface area contributed by atoms with Gasteiger partial charge in [0, 0.05) is 24.6 Å². The molecule has 0 bridgehead atoms. The molecule has 3 heterocycles. The molecule has 5 aromatic rings. The summed E-state index contributed by atoms with van der Waals surface area (Å²) in [7, 11) is 1.66. The van der Waals surface area contributed by atoms with Crippen LogP contribution in [0.3, 0.4) is 0 Å².